The Morgan fingerprint density at radius 2 is 1.75 bits per heavy atom. The maximum atomic E-state index is 12.7. The molecular formula is C21H19BrN4OS. The van der Waals surface area contributed by atoms with Crippen molar-refractivity contribution in [2.24, 2.45) is 0 Å². The van der Waals surface area contributed by atoms with E-state index in [4.69, 9.17) is 0 Å². The Morgan fingerprint density at radius 3 is 2.36 bits per heavy atom. The molecule has 28 heavy (non-hydrogen) atoms. The van der Waals surface area contributed by atoms with Crippen molar-refractivity contribution >= 4 is 44.0 Å². The molecule has 0 aliphatic carbocycles. The Morgan fingerprint density at radius 1 is 1.07 bits per heavy atom. The smallest absolute Gasteiger partial charge is 0.291 e. The van der Waals surface area contributed by atoms with Crippen LogP contribution >= 0.6 is 27.3 Å². The molecule has 0 atom stereocenters. The van der Waals surface area contributed by atoms with Crippen LogP contribution in [0.25, 0.3) is 22.4 Å². The summed E-state index contributed by atoms with van der Waals surface area (Å²) in [5.41, 5.74) is 2.93. The Balaban J connectivity index is 1.68. The number of halogens is 1. The largest absolute Gasteiger partial charge is 0.372 e. The third-order valence-corrected chi connectivity index (χ3v) is 6.09. The second kappa shape index (κ2) is 7.85. The Bertz CT molecular complexity index is 1210. The molecule has 2 aromatic heterocycles. The van der Waals surface area contributed by atoms with Gasteiger partial charge in [-0.25, -0.2) is 0 Å². The van der Waals surface area contributed by atoms with Crippen molar-refractivity contribution in [1.82, 2.24) is 14.6 Å². The van der Waals surface area contributed by atoms with Crippen LogP contribution in [0.15, 0.2) is 57.8 Å². The summed E-state index contributed by atoms with van der Waals surface area (Å²) in [5.74, 6) is 0.561. The fraction of sp³-hybridized carbons (Fsp3) is 0.190. The van der Waals surface area contributed by atoms with Gasteiger partial charge in [0.05, 0.1) is 4.53 Å². The summed E-state index contributed by atoms with van der Waals surface area (Å²) in [7, 11) is 0. The molecule has 4 rings (SSSR count). The molecule has 0 N–H and O–H groups in total. The molecule has 2 heterocycles. The molecule has 0 spiro atoms. The third kappa shape index (κ3) is 3.59. The molecule has 0 bridgehead atoms. The van der Waals surface area contributed by atoms with Crippen molar-refractivity contribution in [1.29, 1.82) is 0 Å². The highest BCUT2D eigenvalue weighted by atomic mass is 79.9. The van der Waals surface area contributed by atoms with Crippen molar-refractivity contribution in [2.75, 3.05) is 18.0 Å². The van der Waals surface area contributed by atoms with Gasteiger partial charge in [-0.05, 0) is 49.8 Å². The van der Waals surface area contributed by atoms with Crippen LogP contribution < -0.4 is 15.0 Å². The molecule has 0 saturated carbocycles. The number of fused-ring (bicyclic) bond motifs is 1. The first-order valence-corrected chi connectivity index (χ1v) is 10.7. The summed E-state index contributed by atoms with van der Waals surface area (Å²) in [4.78, 5) is 20.1. The maximum Gasteiger partial charge on any atom is 0.291 e. The van der Waals surface area contributed by atoms with E-state index in [1.165, 1.54) is 21.5 Å². The van der Waals surface area contributed by atoms with E-state index >= 15 is 0 Å². The van der Waals surface area contributed by atoms with Gasteiger partial charge in [0.25, 0.3) is 5.56 Å². The number of benzene rings is 2. The fourth-order valence-corrected chi connectivity index (χ4v) is 4.25. The maximum absolute atomic E-state index is 12.7. The molecule has 7 heteroatoms. The van der Waals surface area contributed by atoms with Crippen molar-refractivity contribution in [3.63, 3.8) is 0 Å². The van der Waals surface area contributed by atoms with Crippen molar-refractivity contribution < 1.29 is 0 Å². The van der Waals surface area contributed by atoms with Gasteiger partial charge in [-0.15, -0.1) is 5.10 Å². The first kappa shape index (κ1) is 18.8. The average molecular weight is 455 g/mol. The molecule has 142 valence electrons. The summed E-state index contributed by atoms with van der Waals surface area (Å²) >= 11 is 4.78. The topological polar surface area (TPSA) is 50.5 Å². The second-order valence-electron chi connectivity index (χ2n) is 6.32. The van der Waals surface area contributed by atoms with Crippen molar-refractivity contribution in [2.45, 2.75) is 13.8 Å². The number of anilines is 1. The van der Waals surface area contributed by atoms with Gasteiger partial charge >= 0.3 is 0 Å². The lowest BCUT2D eigenvalue weighted by molar-refractivity contribution is 0.866. The minimum atomic E-state index is -0.135. The van der Waals surface area contributed by atoms with E-state index in [0.29, 0.717) is 15.3 Å². The zero-order chi connectivity index (χ0) is 19.7. The highest BCUT2D eigenvalue weighted by Crippen LogP contribution is 2.19. The molecule has 0 amide bonds. The predicted octanol–water partition coefficient (Wildman–Crippen LogP) is 3.97. The van der Waals surface area contributed by atoms with E-state index in [1.54, 1.807) is 0 Å². The number of nitrogens with zero attached hydrogens (tertiary/aromatic N) is 4. The number of aromatic nitrogens is 3. The van der Waals surface area contributed by atoms with Gasteiger partial charge in [-0.2, -0.15) is 9.50 Å². The molecular weight excluding hydrogens is 436 g/mol. The second-order valence-corrected chi connectivity index (χ2v) is 8.24. The molecule has 0 aliphatic heterocycles. The van der Waals surface area contributed by atoms with Crippen LogP contribution in [-0.4, -0.2) is 27.7 Å². The normalized spacial score (nSPS) is 12.0. The lowest BCUT2D eigenvalue weighted by Gasteiger charge is -2.20. The Kier molecular flexibility index (Phi) is 5.28. The Labute approximate surface area is 175 Å². The van der Waals surface area contributed by atoms with Crippen LogP contribution in [0, 0.1) is 0 Å². The van der Waals surface area contributed by atoms with Crippen LogP contribution in [0.3, 0.4) is 0 Å². The monoisotopic (exact) mass is 454 g/mol. The molecule has 0 saturated heterocycles. The molecule has 0 fully saturated rings. The van der Waals surface area contributed by atoms with Crippen molar-refractivity contribution in [3.05, 3.63) is 73.5 Å². The predicted molar refractivity (Wildman–Crippen MR) is 119 cm³/mol. The van der Waals surface area contributed by atoms with Crippen LogP contribution in [0.5, 0.6) is 0 Å². The highest BCUT2D eigenvalue weighted by molar-refractivity contribution is 9.10. The number of rotatable bonds is 5. The minimum absolute atomic E-state index is 0.135. The molecule has 4 aromatic rings. The van der Waals surface area contributed by atoms with Gasteiger partial charge in [-0.1, -0.05) is 51.5 Å². The van der Waals surface area contributed by atoms with Gasteiger partial charge in [-0.3, -0.25) is 4.79 Å². The van der Waals surface area contributed by atoms with Gasteiger partial charge in [0.15, 0.2) is 5.82 Å². The van der Waals surface area contributed by atoms with E-state index in [2.05, 4.69) is 56.9 Å². The Hall–Kier alpha value is -2.51. The van der Waals surface area contributed by atoms with Gasteiger partial charge in [0, 0.05) is 28.8 Å². The van der Waals surface area contributed by atoms with E-state index in [-0.39, 0.29) is 5.56 Å². The lowest BCUT2D eigenvalue weighted by atomic mass is 10.2. The quantitative estimate of drug-likeness (QED) is 0.457. The molecule has 0 radical (unpaired) electrons. The molecule has 5 nitrogen and oxygen atoms in total. The summed E-state index contributed by atoms with van der Waals surface area (Å²) in [6.45, 7) is 6.23. The first-order chi connectivity index (χ1) is 13.6. The summed E-state index contributed by atoms with van der Waals surface area (Å²) in [6, 6.07) is 16.0. The summed E-state index contributed by atoms with van der Waals surface area (Å²) in [5, 5.41) is 4.40. The number of hydrogen-bond donors (Lipinski definition) is 0. The van der Waals surface area contributed by atoms with Gasteiger partial charge in [0.1, 0.15) is 0 Å². The first-order valence-electron chi connectivity index (χ1n) is 9.11. The van der Waals surface area contributed by atoms with E-state index < -0.39 is 0 Å². The van der Waals surface area contributed by atoms with Crippen LogP contribution in [-0.2, 0) is 0 Å². The van der Waals surface area contributed by atoms with Crippen LogP contribution in [0.4, 0.5) is 5.69 Å². The minimum Gasteiger partial charge on any atom is -0.372 e. The van der Waals surface area contributed by atoms with E-state index in [1.807, 2.05) is 42.5 Å². The van der Waals surface area contributed by atoms with Gasteiger partial charge in [0.2, 0.25) is 4.96 Å². The summed E-state index contributed by atoms with van der Waals surface area (Å²) < 4.78 is 3.01. The number of thiazole rings is 1. The SMILES string of the molecule is CCN(CC)c1ccc(C=c2sc3nc(-c4ccc(Br)cc4)nn3c2=O)cc1. The van der Waals surface area contributed by atoms with E-state index in [0.717, 1.165) is 28.7 Å². The molecule has 0 unspecified atom stereocenters. The van der Waals surface area contributed by atoms with Crippen LogP contribution in [0.1, 0.15) is 19.4 Å². The van der Waals surface area contributed by atoms with Gasteiger partial charge < -0.3 is 4.90 Å². The standard InChI is InChI=1S/C21H19BrN4OS/c1-3-25(4-2)17-11-5-14(6-12-17)13-18-20(27)26-21(28-18)23-19(24-26)15-7-9-16(22)10-8-15/h5-13H,3-4H2,1-2H3. The van der Waals surface area contributed by atoms with Crippen molar-refractivity contribution in [3.8, 4) is 11.4 Å². The third-order valence-electron chi connectivity index (χ3n) is 4.60. The summed E-state index contributed by atoms with van der Waals surface area (Å²) in [6.07, 6.45) is 1.90. The number of hydrogen-bond acceptors (Lipinski definition) is 5. The van der Waals surface area contributed by atoms with Crippen LogP contribution in [0.2, 0.25) is 0 Å². The molecule has 2 aromatic carbocycles. The fourth-order valence-electron chi connectivity index (χ4n) is 3.08. The van der Waals surface area contributed by atoms with E-state index in [9.17, 15) is 4.79 Å². The zero-order valence-electron chi connectivity index (χ0n) is 15.6. The lowest BCUT2D eigenvalue weighted by Crippen LogP contribution is -2.23. The molecule has 0 aliphatic rings. The highest BCUT2D eigenvalue weighted by Gasteiger charge is 2.12. The zero-order valence-corrected chi connectivity index (χ0v) is 18.0. The average Bonchev–Trinajstić information content (AvgIpc) is 3.24.